The van der Waals surface area contributed by atoms with E-state index in [0.29, 0.717) is 22.7 Å². The van der Waals surface area contributed by atoms with Crippen LogP contribution in [0.3, 0.4) is 0 Å². The van der Waals surface area contributed by atoms with E-state index >= 15 is 0 Å². The van der Waals surface area contributed by atoms with Gasteiger partial charge in [-0.15, -0.1) is 0 Å². The highest BCUT2D eigenvalue weighted by molar-refractivity contribution is 9.10. The van der Waals surface area contributed by atoms with E-state index in [4.69, 9.17) is 9.47 Å². The fraction of sp³-hybridized carbons (Fsp3) is 0.222. The standard InChI is InChI=1S/C18H18BrNO4/c1-11(21)12-4-6-14(7-5-12)20-18(22)9-13-8-16(23-2)17(24-3)10-15(13)19/h4-8,10H,9H2,1-3H3,(H,20,22). The van der Waals surface area contributed by atoms with E-state index in [2.05, 4.69) is 21.2 Å². The number of amides is 1. The third-order valence-electron chi connectivity index (χ3n) is 3.48. The Labute approximate surface area is 149 Å². The summed E-state index contributed by atoms with van der Waals surface area (Å²) < 4.78 is 11.2. The monoisotopic (exact) mass is 391 g/mol. The van der Waals surface area contributed by atoms with E-state index in [-0.39, 0.29) is 18.1 Å². The molecule has 1 amide bonds. The highest BCUT2D eigenvalue weighted by atomic mass is 79.9. The largest absolute Gasteiger partial charge is 0.493 e. The summed E-state index contributed by atoms with van der Waals surface area (Å²) >= 11 is 3.44. The molecule has 0 heterocycles. The number of methoxy groups -OCH3 is 2. The lowest BCUT2D eigenvalue weighted by Gasteiger charge is -2.12. The van der Waals surface area contributed by atoms with Gasteiger partial charge in [0.05, 0.1) is 20.6 Å². The fourth-order valence-electron chi connectivity index (χ4n) is 2.20. The Morgan fingerprint density at radius 2 is 1.62 bits per heavy atom. The Balaban J connectivity index is 2.10. The number of Topliss-reactive ketones (excluding diaryl/α,β-unsaturated/α-hetero) is 1. The predicted molar refractivity (Wildman–Crippen MR) is 96.0 cm³/mol. The Morgan fingerprint density at radius 3 is 2.17 bits per heavy atom. The summed E-state index contributed by atoms with van der Waals surface area (Å²) in [6.45, 7) is 1.50. The zero-order chi connectivity index (χ0) is 17.7. The number of ether oxygens (including phenoxy) is 2. The highest BCUT2D eigenvalue weighted by Crippen LogP contribution is 2.33. The predicted octanol–water partition coefficient (Wildman–Crippen LogP) is 3.85. The molecular formula is C18H18BrNO4. The number of carbonyl (C=O) groups is 2. The van der Waals surface area contributed by atoms with E-state index < -0.39 is 0 Å². The van der Waals surface area contributed by atoms with Crippen LogP contribution in [0.4, 0.5) is 5.69 Å². The molecule has 2 rings (SSSR count). The lowest BCUT2D eigenvalue weighted by molar-refractivity contribution is -0.115. The molecule has 0 unspecified atom stereocenters. The molecule has 0 aliphatic rings. The molecule has 0 saturated carbocycles. The van der Waals surface area contributed by atoms with Crippen LogP contribution < -0.4 is 14.8 Å². The van der Waals surface area contributed by atoms with Crippen LogP contribution in [-0.4, -0.2) is 25.9 Å². The van der Waals surface area contributed by atoms with Gasteiger partial charge >= 0.3 is 0 Å². The van der Waals surface area contributed by atoms with E-state index in [9.17, 15) is 9.59 Å². The molecule has 0 atom stereocenters. The summed E-state index contributed by atoms with van der Waals surface area (Å²) in [5, 5.41) is 2.81. The van der Waals surface area contributed by atoms with Crippen LogP contribution in [0, 0.1) is 0 Å². The lowest BCUT2D eigenvalue weighted by Crippen LogP contribution is -2.15. The van der Waals surface area contributed by atoms with Gasteiger partial charge in [-0.2, -0.15) is 0 Å². The Hall–Kier alpha value is -2.34. The van der Waals surface area contributed by atoms with E-state index in [1.165, 1.54) is 6.92 Å². The quantitative estimate of drug-likeness (QED) is 0.759. The first-order chi connectivity index (χ1) is 11.4. The van der Waals surface area contributed by atoms with Crippen LogP contribution in [0.15, 0.2) is 40.9 Å². The molecule has 0 aromatic heterocycles. The molecule has 2 aromatic rings. The zero-order valence-electron chi connectivity index (χ0n) is 13.7. The highest BCUT2D eigenvalue weighted by Gasteiger charge is 2.13. The van der Waals surface area contributed by atoms with Crippen molar-refractivity contribution in [3.05, 3.63) is 52.0 Å². The molecule has 0 spiro atoms. The summed E-state index contributed by atoms with van der Waals surface area (Å²) in [6.07, 6.45) is 0.176. The van der Waals surface area contributed by atoms with Crippen molar-refractivity contribution in [2.75, 3.05) is 19.5 Å². The van der Waals surface area contributed by atoms with Gasteiger partial charge in [-0.25, -0.2) is 0 Å². The SMILES string of the molecule is COc1cc(Br)c(CC(=O)Nc2ccc(C(C)=O)cc2)cc1OC. The minimum atomic E-state index is -0.168. The second-order valence-electron chi connectivity index (χ2n) is 5.16. The van der Waals surface area contributed by atoms with Gasteiger partial charge in [-0.05, 0) is 48.9 Å². The number of hydrogen-bond acceptors (Lipinski definition) is 4. The summed E-state index contributed by atoms with van der Waals surface area (Å²) in [5.74, 6) is 0.975. The van der Waals surface area contributed by atoms with Gasteiger partial charge in [0, 0.05) is 15.7 Å². The van der Waals surface area contributed by atoms with E-state index in [1.807, 2.05) is 0 Å². The van der Waals surface area contributed by atoms with Crippen molar-refractivity contribution in [1.29, 1.82) is 0 Å². The molecule has 24 heavy (non-hydrogen) atoms. The summed E-state index contributed by atoms with van der Waals surface area (Å²) in [4.78, 5) is 23.5. The van der Waals surface area contributed by atoms with E-state index in [1.54, 1.807) is 50.6 Å². The Morgan fingerprint density at radius 1 is 1.04 bits per heavy atom. The third kappa shape index (κ3) is 4.35. The maximum Gasteiger partial charge on any atom is 0.228 e. The number of carbonyl (C=O) groups excluding carboxylic acids is 2. The van der Waals surface area contributed by atoms with E-state index in [0.717, 1.165) is 10.0 Å². The average Bonchev–Trinajstić information content (AvgIpc) is 2.56. The maximum absolute atomic E-state index is 12.2. The minimum absolute atomic E-state index is 0.0119. The Kier molecular flexibility index (Phi) is 5.98. The molecule has 0 aliphatic heterocycles. The van der Waals surface area contributed by atoms with Gasteiger partial charge in [0.1, 0.15) is 0 Å². The molecule has 0 aliphatic carbocycles. The first-order valence-electron chi connectivity index (χ1n) is 7.26. The topological polar surface area (TPSA) is 64.6 Å². The average molecular weight is 392 g/mol. The van der Waals surface area contributed by atoms with Gasteiger partial charge < -0.3 is 14.8 Å². The van der Waals surface area contributed by atoms with Crippen molar-refractivity contribution in [3.8, 4) is 11.5 Å². The normalized spacial score (nSPS) is 10.2. The van der Waals surface area contributed by atoms with Gasteiger partial charge in [0.2, 0.25) is 5.91 Å². The fourth-order valence-corrected chi connectivity index (χ4v) is 2.66. The molecule has 126 valence electrons. The zero-order valence-corrected chi connectivity index (χ0v) is 15.3. The molecule has 0 radical (unpaired) electrons. The number of ketones is 1. The minimum Gasteiger partial charge on any atom is -0.493 e. The van der Waals surface area contributed by atoms with Crippen LogP contribution in [0.5, 0.6) is 11.5 Å². The van der Waals surface area contributed by atoms with Crippen LogP contribution in [-0.2, 0) is 11.2 Å². The van der Waals surface area contributed by atoms with Crippen LogP contribution in [0.25, 0.3) is 0 Å². The molecular weight excluding hydrogens is 374 g/mol. The lowest BCUT2D eigenvalue weighted by atomic mass is 10.1. The third-order valence-corrected chi connectivity index (χ3v) is 4.22. The van der Waals surface area contributed by atoms with Crippen molar-refractivity contribution in [2.45, 2.75) is 13.3 Å². The van der Waals surface area contributed by atoms with Crippen LogP contribution >= 0.6 is 15.9 Å². The Bertz CT molecular complexity index is 756. The molecule has 5 nitrogen and oxygen atoms in total. The van der Waals surface area contributed by atoms with Crippen molar-refractivity contribution < 1.29 is 19.1 Å². The number of hydrogen-bond donors (Lipinski definition) is 1. The van der Waals surface area contributed by atoms with Gasteiger partial charge in [0.25, 0.3) is 0 Å². The smallest absolute Gasteiger partial charge is 0.228 e. The maximum atomic E-state index is 12.2. The van der Waals surface area contributed by atoms with Gasteiger partial charge in [-0.1, -0.05) is 15.9 Å². The van der Waals surface area contributed by atoms with Gasteiger partial charge in [0.15, 0.2) is 17.3 Å². The summed E-state index contributed by atoms with van der Waals surface area (Å²) in [7, 11) is 3.10. The number of nitrogens with one attached hydrogen (secondary N) is 1. The second-order valence-corrected chi connectivity index (χ2v) is 6.01. The molecule has 2 aromatic carbocycles. The van der Waals surface area contributed by atoms with Crippen molar-refractivity contribution >= 4 is 33.3 Å². The van der Waals surface area contributed by atoms with Crippen molar-refractivity contribution in [2.24, 2.45) is 0 Å². The molecule has 1 N–H and O–H groups in total. The number of halogens is 1. The second kappa shape index (κ2) is 7.97. The first kappa shape index (κ1) is 18.0. The summed E-state index contributed by atoms with van der Waals surface area (Å²) in [6, 6.07) is 10.3. The van der Waals surface area contributed by atoms with Crippen LogP contribution in [0.2, 0.25) is 0 Å². The molecule has 0 saturated heterocycles. The first-order valence-corrected chi connectivity index (χ1v) is 8.05. The molecule has 0 bridgehead atoms. The molecule has 6 heteroatoms. The van der Waals surface area contributed by atoms with Crippen molar-refractivity contribution in [1.82, 2.24) is 0 Å². The number of rotatable bonds is 6. The molecule has 0 fully saturated rings. The van der Waals surface area contributed by atoms with Gasteiger partial charge in [-0.3, -0.25) is 9.59 Å². The summed E-state index contributed by atoms with van der Waals surface area (Å²) in [5.41, 5.74) is 2.03. The van der Waals surface area contributed by atoms with Crippen LogP contribution in [0.1, 0.15) is 22.8 Å². The number of benzene rings is 2. The number of anilines is 1. The van der Waals surface area contributed by atoms with Crippen molar-refractivity contribution in [3.63, 3.8) is 0 Å².